The van der Waals surface area contributed by atoms with Gasteiger partial charge in [0.2, 0.25) is 0 Å². The molecule has 0 unspecified atom stereocenters. The Balaban J connectivity index is 1.22. The second-order valence-corrected chi connectivity index (χ2v) is 14.4. The van der Waals surface area contributed by atoms with Gasteiger partial charge in [-0.1, -0.05) is 148 Å². The Bertz CT molecular complexity index is 2910. The van der Waals surface area contributed by atoms with Gasteiger partial charge in [-0.3, -0.25) is 0 Å². The van der Waals surface area contributed by atoms with Crippen molar-refractivity contribution in [3.05, 3.63) is 168 Å². The van der Waals surface area contributed by atoms with Crippen molar-refractivity contribution >= 4 is 66.4 Å². The van der Waals surface area contributed by atoms with Gasteiger partial charge in [0.15, 0.2) is 0 Å². The number of benzene rings is 8. The smallest absolute Gasteiger partial charge is 0.143 e. The lowest BCUT2D eigenvalue weighted by Crippen LogP contribution is -2.15. The summed E-state index contributed by atoms with van der Waals surface area (Å²) in [6.07, 6.45) is 6.32. The van der Waals surface area contributed by atoms with Crippen molar-refractivity contribution in [2.75, 3.05) is 0 Å². The van der Waals surface area contributed by atoms with E-state index >= 15 is 0 Å². The van der Waals surface area contributed by atoms with Crippen LogP contribution in [0.1, 0.15) is 43.0 Å². The summed E-state index contributed by atoms with van der Waals surface area (Å²) < 4.78 is 6.51. The SMILES string of the molecule is C=Cc1c(/C=C\C)ccc2c1-c1ccc(-c3c4ccccc4c(-c4ccc5oc6c7ccccc7ccc6c5c4)c4ccccc34)cc1C2(C)C. The summed E-state index contributed by atoms with van der Waals surface area (Å²) in [6.45, 7) is 11.0. The third-order valence-electron chi connectivity index (χ3n) is 11.3. The molecule has 0 bridgehead atoms. The minimum absolute atomic E-state index is 0.146. The molecule has 0 amide bonds. The Labute approximate surface area is 297 Å². The maximum atomic E-state index is 6.51. The summed E-state index contributed by atoms with van der Waals surface area (Å²) in [7, 11) is 0. The van der Waals surface area contributed by atoms with Crippen molar-refractivity contribution in [2.45, 2.75) is 26.2 Å². The van der Waals surface area contributed by atoms with Gasteiger partial charge in [0.25, 0.3) is 0 Å². The predicted molar refractivity (Wildman–Crippen MR) is 219 cm³/mol. The molecule has 0 fully saturated rings. The highest BCUT2D eigenvalue weighted by Crippen LogP contribution is 2.53. The first kappa shape index (κ1) is 29.7. The molecule has 8 aromatic carbocycles. The molecule has 0 radical (unpaired) electrons. The minimum atomic E-state index is -0.146. The zero-order valence-electron chi connectivity index (χ0n) is 29.0. The van der Waals surface area contributed by atoms with Gasteiger partial charge in [-0.2, -0.15) is 0 Å². The highest BCUT2D eigenvalue weighted by Gasteiger charge is 2.37. The monoisotopic (exact) mass is 652 g/mol. The first-order valence-electron chi connectivity index (χ1n) is 17.8. The van der Waals surface area contributed by atoms with Crippen LogP contribution in [-0.4, -0.2) is 0 Å². The molecule has 9 aromatic rings. The molecule has 0 saturated carbocycles. The number of furan rings is 1. The standard InChI is InChI=1S/C50H36O/c1-5-13-30-22-26-43-48(34(30)6-2)41-25-21-33(29-44(41)50(43,3)4)47-38-18-11-9-16-36(38)46(37-17-10-12-19-39(37)47)32-23-27-45-42(28-32)40-24-20-31-14-7-8-15-35(31)49(40)51-45/h5-29H,2H2,1,3-4H3/b13-5-. The topological polar surface area (TPSA) is 13.1 Å². The molecule has 0 aliphatic heterocycles. The largest absolute Gasteiger partial charge is 0.455 e. The molecular formula is C50H36O. The van der Waals surface area contributed by atoms with Gasteiger partial charge in [0.1, 0.15) is 11.2 Å². The van der Waals surface area contributed by atoms with Crippen molar-refractivity contribution in [2.24, 2.45) is 0 Å². The van der Waals surface area contributed by atoms with E-state index in [0.717, 1.165) is 27.3 Å². The average Bonchev–Trinajstić information content (AvgIpc) is 3.65. The third-order valence-corrected chi connectivity index (χ3v) is 11.3. The van der Waals surface area contributed by atoms with E-state index < -0.39 is 0 Å². The van der Waals surface area contributed by atoms with E-state index in [4.69, 9.17) is 4.42 Å². The fourth-order valence-electron chi connectivity index (χ4n) is 8.98. The van der Waals surface area contributed by atoms with Gasteiger partial charge in [-0.05, 0) is 114 Å². The molecule has 1 heterocycles. The Morgan fingerprint density at radius 2 is 1.18 bits per heavy atom. The Morgan fingerprint density at radius 1 is 0.549 bits per heavy atom. The first-order valence-corrected chi connectivity index (χ1v) is 17.8. The summed E-state index contributed by atoms with van der Waals surface area (Å²) in [5.74, 6) is 0. The molecular weight excluding hydrogens is 617 g/mol. The van der Waals surface area contributed by atoms with Crippen LogP contribution in [0.15, 0.2) is 151 Å². The number of allylic oxidation sites excluding steroid dienone is 1. The van der Waals surface area contributed by atoms with Crippen LogP contribution in [-0.2, 0) is 5.41 Å². The van der Waals surface area contributed by atoms with Crippen LogP contribution in [0.2, 0.25) is 0 Å². The van der Waals surface area contributed by atoms with Crippen LogP contribution in [0, 0.1) is 0 Å². The van der Waals surface area contributed by atoms with Crippen LogP contribution >= 0.6 is 0 Å². The second kappa shape index (κ2) is 10.9. The molecule has 51 heavy (non-hydrogen) atoms. The lowest BCUT2D eigenvalue weighted by atomic mass is 9.80. The Kier molecular flexibility index (Phi) is 6.36. The number of hydrogen-bond acceptors (Lipinski definition) is 1. The van der Waals surface area contributed by atoms with Gasteiger partial charge < -0.3 is 4.42 Å². The molecule has 1 heteroatoms. The number of fused-ring (bicyclic) bond motifs is 10. The van der Waals surface area contributed by atoms with Gasteiger partial charge >= 0.3 is 0 Å². The van der Waals surface area contributed by atoms with Crippen molar-refractivity contribution in [3.63, 3.8) is 0 Å². The van der Waals surface area contributed by atoms with Crippen molar-refractivity contribution in [3.8, 4) is 33.4 Å². The van der Waals surface area contributed by atoms with E-state index in [0.29, 0.717) is 0 Å². The van der Waals surface area contributed by atoms with E-state index in [-0.39, 0.29) is 5.41 Å². The number of hydrogen-bond donors (Lipinski definition) is 0. The molecule has 1 aliphatic rings. The van der Waals surface area contributed by atoms with Gasteiger partial charge in [0, 0.05) is 21.6 Å². The van der Waals surface area contributed by atoms with E-state index in [9.17, 15) is 0 Å². The van der Waals surface area contributed by atoms with Crippen LogP contribution in [0.25, 0.3) is 99.8 Å². The maximum absolute atomic E-state index is 6.51. The molecule has 0 atom stereocenters. The van der Waals surface area contributed by atoms with E-state index in [1.165, 1.54) is 82.6 Å². The highest BCUT2D eigenvalue weighted by atomic mass is 16.3. The zero-order chi connectivity index (χ0) is 34.4. The lowest BCUT2D eigenvalue weighted by molar-refractivity contribution is 0.660. The summed E-state index contributed by atoms with van der Waals surface area (Å²) in [6, 6.07) is 49.2. The molecule has 1 aliphatic carbocycles. The third kappa shape index (κ3) is 4.15. The highest BCUT2D eigenvalue weighted by molar-refractivity contribution is 6.23. The Hall–Kier alpha value is -6.18. The summed E-state index contributed by atoms with van der Waals surface area (Å²) in [4.78, 5) is 0. The quantitative estimate of drug-likeness (QED) is 0.172. The maximum Gasteiger partial charge on any atom is 0.143 e. The van der Waals surface area contributed by atoms with Crippen LogP contribution < -0.4 is 0 Å². The zero-order valence-corrected chi connectivity index (χ0v) is 29.0. The van der Waals surface area contributed by atoms with Crippen molar-refractivity contribution in [1.29, 1.82) is 0 Å². The van der Waals surface area contributed by atoms with E-state index in [2.05, 4.69) is 173 Å². The number of rotatable bonds is 4. The second-order valence-electron chi connectivity index (χ2n) is 14.4. The Morgan fingerprint density at radius 3 is 1.84 bits per heavy atom. The van der Waals surface area contributed by atoms with Crippen LogP contribution in [0.5, 0.6) is 0 Å². The van der Waals surface area contributed by atoms with Gasteiger partial charge in [0.05, 0.1) is 0 Å². The fourth-order valence-corrected chi connectivity index (χ4v) is 8.98. The first-order chi connectivity index (χ1) is 25.0. The summed E-state index contributed by atoms with van der Waals surface area (Å²) in [5.41, 5.74) is 14.4. The molecule has 0 saturated heterocycles. The van der Waals surface area contributed by atoms with E-state index in [1.807, 2.05) is 6.08 Å². The fraction of sp³-hybridized carbons (Fsp3) is 0.0800. The molecule has 0 N–H and O–H groups in total. The molecule has 242 valence electrons. The predicted octanol–water partition coefficient (Wildman–Crippen LogP) is 14.4. The average molecular weight is 653 g/mol. The van der Waals surface area contributed by atoms with E-state index in [1.54, 1.807) is 0 Å². The molecule has 1 aromatic heterocycles. The molecule has 0 spiro atoms. The van der Waals surface area contributed by atoms with Gasteiger partial charge in [-0.25, -0.2) is 0 Å². The lowest BCUT2D eigenvalue weighted by Gasteiger charge is -2.23. The van der Waals surface area contributed by atoms with Crippen molar-refractivity contribution < 1.29 is 4.42 Å². The summed E-state index contributed by atoms with van der Waals surface area (Å²) >= 11 is 0. The van der Waals surface area contributed by atoms with Crippen LogP contribution in [0.3, 0.4) is 0 Å². The normalized spacial score (nSPS) is 13.5. The molecule has 10 rings (SSSR count). The van der Waals surface area contributed by atoms with Crippen molar-refractivity contribution in [1.82, 2.24) is 0 Å². The van der Waals surface area contributed by atoms with Gasteiger partial charge in [-0.15, -0.1) is 0 Å². The van der Waals surface area contributed by atoms with Crippen LogP contribution in [0.4, 0.5) is 0 Å². The summed E-state index contributed by atoms with van der Waals surface area (Å²) in [5, 5.41) is 9.63. The minimum Gasteiger partial charge on any atom is -0.455 e. The molecule has 1 nitrogen and oxygen atoms in total.